The van der Waals surface area contributed by atoms with E-state index >= 15 is 0 Å². The van der Waals surface area contributed by atoms with Gasteiger partial charge in [-0.2, -0.15) is 0 Å². The predicted octanol–water partition coefficient (Wildman–Crippen LogP) is 1.58. The smallest absolute Gasteiger partial charge is 0.316 e. The third-order valence-electron chi connectivity index (χ3n) is 4.53. The van der Waals surface area contributed by atoms with Crippen molar-refractivity contribution in [3.63, 3.8) is 0 Å². The average Bonchev–Trinajstić information content (AvgIpc) is 2.55. The molecule has 0 spiro atoms. The number of halogens is 1. The lowest BCUT2D eigenvalue weighted by Gasteiger charge is -2.36. The first-order valence-electron chi connectivity index (χ1n) is 7.84. The molecule has 124 valence electrons. The number of carboxylic acid groups (broad SMARTS) is 1. The Morgan fingerprint density at radius 1 is 1.35 bits per heavy atom. The number of ketones is 1. The fourth-order valence-electron chi connectivity index (χ4n) is 3.24. The number of hydrogen-bond donors (Lipinski definition) is 2. The molecule has 7 heteroatoms. The molecule has 0 aromatic heterocycles. The van der Waals surface area contributed by atoms with Crippen molar-refractivity contribution in [2.75, 3.05) is 49.1 Å². The highest BCUT2D eigenvalue weighted by molar-refractivity contribution is 9.10. The van der Waals surface area contributed by atoms with Gasteiger partial charge in [0.15, 0.2) is 5.78 Å². The van der Waals surface area contributed by atoms with E-state index in [9.17, 15) is 14.7 Å². The normalized spacial score (nSPS) is 21.3. The van der Waals surface area contributed by atoms with Crippen LogP contribution in [0.5, 0.6) is 0 Å². The van der Waals surface area contributed by atoms with E-state index in [1.54, 1.807) is 6.07 Å². The van der Waals surface area contributed by atoms with Gasteiger partial charge in [-0.05, 0) is 35.0 Å². The molecule has 1 unspecified atom stereocenters. The van der Waals surface area contributed by atoms with Crippen molar-refractivity contribution in [2.45, 2.75) is 6.92 Å². The van der Waals surface area contributed by atoms with Crippen molar-refractivity contribution in [3.8, 4) is 0 Å². The standard InChI is InChI=1S/C16H20BrN3O3/c1-2-19-9-11(16(22)23)15(21)10-7-12(17)14(8-13(10)19)20-5-3-18-4-6-20/h7-8,11,18H,2-6,9H2,1H3,(H,22,23). The Kier molecular flexibility index (Phi) is 4.59. The number of fused-ring (bicyclic) bond motifs is 1. The summed E-state index contributed by atoms with van der Waals surface area (Å²) in [4.78, 5) is 28.1. The molecule has 1 aromatic rings. The van der Waals surface area contributed by atoms with Gasteiger partial charge in [0.25, 0.3) is 0 Å². The first-order valence-corrected chi connectivity index (χ1v) is 8.63. The van der Waals surface area contributed by atoms with Crippen molar-refractivity contribution in [3.05, 3.63) is 22.2 Å². The number of benzene rings is 1. The van der Waals surface area contributed by atoms with E-state index in [1.807, 2.05) is 17.9 Å². The number of rotatable bonds is 3. The first-order chi connectivity index (χ1) is 11.0. The average molecular weight is 382 g/mol. The van der Waals surface area contributed by atoms with E-state index < -0.39 is 11.9 Å². The number of carboxylic acids is 1. The van der Waals surface area contributed by atoms with Gasteiger partial charge >= 0.3 is 5.97 Å². The molecule has 0 radical (unpaired) electrons. The summed E-state index contributed by atoms with van der Waals surface area (Å²) in [5.41, 5.74) is 2.40. The molecule has 6 nitrogen and oxygen atoms in total. The van der Waals surface area contributed by atoms with Gasteiger partial charge in [-0.25, -0.2) is 0 Å². The van der Waals surface area contributed by atoms with E-state index in [2.05, 4.69) is 26.1 Å². The van der Waals surface area contributed by atoms with Crippen molar-refractivity contribution >= 4 is 39.1 Å². The van der Waals surface area contributed by atoms with Crippen LogP contribution in [0.15, 0.2) is 16.6 Å². The molecule has 1 atom stereocenters. The summed E-state index contributed by atoms with van der Waals surface area (Å²) in [6.45, 7) is 6.57. The van der Waals surface area contributed by atoms with Crippen LogP contribution in [-0.4, -0.2) is 56.1 Å². The Labute approximate surface area is 143 Å². The van der Waals surface area contributed by atoms with Gasteiger partial charge < -0.3 is 20.2 Å². The molecule has 0 saturated carbocycles. The number of nitrogens with one attached hydrogen (secondary N) is 1. The van der Waals surface area contributed by atoms with Gasteiger partial charge in [-0.15, -0.1) is 0 Å². The molecule has 3 rings (SSSR count). The molecule has 0 amide bonds. The summed E-state index contributed by atoms with van der Waals surface area (Å²) in [5, 5.41) is 12.6. The Hall–Kier alpha value is -1.60. The molecular formula is C16H20BrN3O3. The highest BCUT2D eigenvalue weighted by Crippen LogP contribution is 2.38. The van der Waals surface area contributed by atoms with Gasteiger partial charge in [0.1, 0.15) is 5.92 Å². The topological polar surface area (TPSA) is 72.9 Å². The Bertz CT molecular complexity index is 644. The zero-order valence-corrected chi connectivity index (χ0v) is 14.6. The van der Waals surface area contributed by atoms with Gasteiger partial charge in [0.2, 0.25) is 0 Å². The highest BCUT2D eigenvalue weighted by atomic mass is 79.9. The summed E-state index contributed by atoms with van der Waals surface area (Å²) in [5.74, 6) is -2.34. The highest BCUT2D eigenvalue weighted by Gasteiger charge is 2.37. The Morgan fingerprint density at radius 2 is 2.04 bits per heavy atom. The maximum absolute atomic E-state index is 12.5. The van der Waals surface area contributed by atoms with Crippen LogP contribution in [0.3, 0.4) is 0 Å². The second-order valence-electron chi connectivity index (χ2n) is 5.85. The van der Waals surface area contributed by atoms with E-state index in [4.69, 9.17) is 0 Å². The van der Waals surface area contributed by atoms with Crippen LogP contribution in [0.4, 0.5) is 11.4 Å². The Balaban J connectivity index is 2.04. The molecule has 0 bridgehead atoms. The number of Topliss-reactive ketones (excluding diaryl/α,β-unsaturated/α-hetero) is 1. The maximum Gasteiger partial charge on any atom is 0.316 e. The molecule has 1 saturated heterocycles. The summed E-state index contributed by atoms with van der Waals surface area (Å²) in [6.07, 6.45) is 0. The third-order valence-corrected chi connectivity index (χ3v) is 5.16. The fraction of sp³-hybridized carbons (Fsp3) is 0.500. The minimum Gasteiger partial charge on any atom is -0.481 e. The molecule has 1 fully saturated rings. The fourth-order valence-corrected chi connectivity index (χ4v) is 3.83. The summed E-state index contributed by atoms with van der Waals surface area (Å²) < 4.78 is 0.841. The van der Waals surface area contributed by atoms with Crippen LogP contribution >= 0.6 is 15.9 Å². The molecule has 2 N–H and O–H groups in total. The lowest BCUT2D eigenvalue weighted by atomic mass is 9.90. The van der Waals surface area contributed by atoms with Gasteiger partial charge in [-0.3, -0.25) is 9.59 Å². The van der Waals surface area contributed by atoms with Crippen LogP contribution in [-0.2, 0) is 4.79 Å². The summed E-state index contributed by atoms with van der Waals surface area (Å²) >= 11 is 3.56. The predicted molar refractivity (Wildman–Crippen MR) is 92.6 cm³/mol. The van der Waals surface area contributed by atoms with Crippen molar-refractivity contribution in [1.29, 1.82) is 0 Å². The lowest BCUT2D eigenvalue weighted by molar-refractivity contribution is -0.139. The van der Waals surface area contributed by atoms with Crippen molar-refractivity contribution in [2.24, 2.45) is 5.92 Å². The monoisotopic (exact) mass is 381 g/mol. The molecule has 0 aliphatic carbocycles. The van der Waals surface area contributed by atoms with E-state index in [0.717, 1.165) is 42.0 Å². The lowest BCUT2D eigenvalue weighted by Crippen LogP contribution is -2.45. The van der Waals surface area contributed by atoms with Crippen molar-refractivity contribution in [1.82, 2.24) is 5.32 Å². The maximum atomic E-state index is 12.5. The number of anilines is 2. The number of piperazine rings is 1. The quantitative estimate of drug-likeness (QED) is 0.774. The number of carbonyl (C=O) groups is 2. The molecule has 1 aromatic carbocycles. The minimum absolute atomic E-state index is 0.236. The van der Waals surface area contributed by atoms with Crippen molar-refractivity contribution < 1.29 is 14.7 Å². The zero-order valence-electron chi connectivity index (χ0n) is 13.0. The largest absolute Gasteiger partial charge is 0.481 e. The van der Waals surface area contributed by atoms with Crippen LogP contribution in [0, 0.1) is 5.92 Å². The summed E-state index contributed by atoms with van der Waals surface area (Å²) in [7, 11) is 0. The summed E-state index contributed by atoms with van der Waals surface area (Å²) in [6, 6.07) is 3.80. The number of hydrogen-bond acceptors (Lipinski definition) is 5. The number of aliphatic carboxylic acids is 1. The third kappa shape index (κ3) is 2.95. The van der Waals surface area contributed by atoms with Crippen LogP contribution in [0.2, 0.25) is 0 Å². The second-order valence-corrected chi connectivity index (χ2v) is 6.71. The molecule has 23 heavy (non-hydrogen) atoms. The van der Waals surface area contributed by atoms with E-state index in [1.165, 1.54) is 0 Å². The van der Waals surface area contributed by atoms with E-state index in [0.29, 0.717) is 12.1 Å². The van der Waals surface area contributed by atoms with Gasteiger partial charge in [0, 0.05) is 55.0 Å². The second kappa shape index (κ2) is 6.49. The Morgan fingerprint density at radius 3 is 2.65 bits per heavy atom. The van der Waals surface area contributed by atoms with Crippen LogP contribution in [0.25, 0.3) is 0 Å². The first kappa shape index (κ1) is 16.3. The zero-order chi connectivity index (χ0) is 16.6. The van der Waals surface area contributed by atoms with Gasteiger partial charge in [-0.1, -0.05) is 0 Å². The number of nitrogens with zero attached hydrogens (tertiary/aromatic N) is 2. The van der Waals surface area contributed by atoms with Crippen LogP contribution in [0.1, 0.15) is 17.3 Å². The SMILES string of the molecule is CCN1CC(C(=O)O)C(=O)c2cc(Br)c(N3CCNCC3)cc21. The number of carbonyl (C=O) groups excluding carboxylic acids is 1. The van der Waals surface area contributed by atoms with E-state index in [-0.39, 0.29) is 12.3 Å². The molecule has 2 aliphatic rings. The minimum atomic E-state index is -1.05. The molecule has 2 heterocycles. The van der Waals surface area contributed by atoms with Crippen LogP contribution < -0.4 is 15.1 Å². The van der Waals surface area contributed by atoms with Gasteiger partial charge in [0.05, 0.1) is 5.69 Å². The molecular weight excluding hydrogens is 362 g/mol. The molecule has 2 aliphatic heterocycles.